The van der Waals surface area contributed by atoms with Gasteiger partial charge in [-0.15, -0.1) is 5.10 Å². The molecule has 0 atom stereocenters. The number of rotatable bonds is 7. The molecule has 2 aromatic heterocycles. The lowest BCUT2D eigenvalue weighted by molar-refractivity contribution is 0.296. The summed E-state index contributed by atoms with van der Waals surface area (Å²) in [6.07, 6.45) is 1.73. The molecule has 0 spiro atoms. The Hall–Kier alpha value is -4.21. The van der Waals surface area contributed by atoms with E-state index in [4.69, 9.17) is 4.74 Å². The molecule has 0 fully saturated rings. The lowest BCUT2D eigenvalue weighted by atomic mass is 10.3. The molecular weight excluding hydrogens is 372 g/mol. The van der Waals surface area contributed by atoms with E-state index in [0.717, 1.165) is 16.9 Å². The molecular formula is C19H18N8O2. The summed E-state index contributed by atoms with van der Waals surface area (Å²) in [5.41, 5.74) is 2.43. The molecule has 0 aliphatic heterocycles. The largest absolute Gasteiger partial charge is 0.508 e. The SMILES string of the molecule is Cc1cnc(Nc2ccc(OCc3nnn[nH]3)cc2)nc1Nc1cccc(O)c1. The average molecular weight is 390 g/mol. The molecule has 2 heterocycles. The van der Waals surface area contributed by atoms with Gasteiger partial charge in [-0.1, -0.05) is 6.07 Å². The van der Waals surface area contributed by atoms with Gasteiger partial charge in [0, 0.05) is 29.2 Å². The molecule has 0 saturated carbocycles. The molecule has 10 heteroatoms. The van der Waals surface area contributed by atoms with Gasteiger partial charge in [0.1, 0.15) is 23.9 Å². The van der Waals surface area contributed by atoms with E-state index in [9.17, 15) is 5.11 Å². The Kier molecular flexibility index (Phi) is 5.14. The van der Waals surface area contributed by atoms with Crippen LogP contribution in [0.1, 0.15) is 11.4 Å². The number of hydrogen-bond acceptors (Lipinski definition) is 9. The van der Waals surface area contributed by atoms with Crippen molar-refractivity contribution < 1.29 is 9.84 Å². The normalized spacial score (nSPS) is 10.5. The van der Waals surface area contributed by atoms with E-state index < -0.39 is 0 Å². The zero-order valence-electron chi connectivity index (χ0n) is 15.5. The van der Waals surface area contributed by atoms with Crippen LogP contribution in [0, 0.1) is 6.92 Å². The predicted octanol–water partition coefficient (Wildman–Crippen LogP) is 3.07. The van der Waals surface area contributed by atoms with Crippen molar-refractivity contribution in [3.05, 3.63) is 66.1 Å². The number of aromatic amines is 1. The standard InChI is InChI=1S/C19H18N8O2/c1-12-10-20-19(23-18(12)21-14-3-2-4-15(28)9-14)22-13-5-7-16(8-6-13)29-11-17-24-26-27-25-17/h2-10,28H,11H2,1H3,(H2,20,21,22,23)(H,24,25,26,27). The summed E-state index contributed by atoms with van der Waals surface area (Å²) in [6, 6.07) is 14.2. The van der Waals surface area contributed by atoms with Crippen LogP contribution in [0.4, 0.5) is 23.1 Å². The molecule has 2 aromatic carbocycles. The van der Waals surface area contributed by atoms with Crippen molar-refractivity contribution in [2.45, 2.75) is 13.5 Å². The zero-order valence-corrected chi connectivity index (χ0v) is 15.5. The third-order valence-electron chi connectivity index (χ3n) is 3.96. The highest BCUT2D eigenvalue weighted by molar-refractivity contribution is 5.63. The van der Waals surface area contributed by atoms with Gasteiger partial charge in [-0.05, 0) is 53.7 Å². The maximum absolute atomic E-state index is 9.62. The molecule has 146 valence electrons. The van der Waals surface area contributed by atoms with E-state index in [-0.39, 0.29) is 12.4 Å². The fraction of sp³-hybridized carbons (Fsp3) is 0.105. The van der Waals surface area contributed by atoms with Gasteiger partial charge in [0.05, 0.1) is 0 Å². The Balaban J connectivity index is 1.42. The first-order valence-corrected chi connectivity index (χ1v) is 8.78. The van der Waals surface area contributed by atoms with Crippen LogP contribution < -0.4 is 15.4 Å². The molecule has 0 aliphatic carbocycles. The van der Waals surface area contributed by atoms with E-state index in [1.807, 2.05) is 37.3 Å². The minimum atomic E-state index is 0.182. The van der Waals surface area contributed by atoms with Gasteiger partial charge in [-0.2, -0.15) is 4.98 Å². The maximum Gasteiger partial charge on any atom is 0.229 e. The van der Waals surface area contributed by atoms with Gasteiger partial charge in [0.15, 0.2) is 5.82 Å². The van der Waals surface area contributed by atoms with Crippen LogP contribution in [-0.2, 0) is 6.61 Å². The minimum absolute atomic E-state index is 0.182. The number of H-pyrrole nitrogens is 1. The topological polar surface area (TPSA) is 134 Å². The van der Waals surface area contributed by atoms with E-state index in [0.29, 0.717) is 23.3 Å². The lowest BCUT2D eigenvalue weighted by Crippen LogP contribution is -2.03. The summed E-state index contributed by atoms with van der Waals surface area (Å²) < 4.78 is 5.60. The van der Waals surface area contributed by atoms with Crippen LogP contribution in [0.3, 0.4) is 0 Å². The summed E-state index contributed by atoms with van der Waals surface area (Å²) in [6.45, 7) is 2.16. The summed E-state index contributed by atoms with van der Waals surface area (Å²) in [7, 11) is 0. The van der Waals surface area contributed by atoms with Crippen LogP contribution in [-0.4, -0.2) is 35.7 Å². The second kappa shape index (κ2) is 8.21. The molecule has 0 bridgehead atoms. The molecule has 0 aliphatic rings. The zero-order chi connectivity index (χ0) is 20.1. The Bertz CT molecular complexity index is 1080. The first kappa shape index (κ1) is 18.2. The van der Waals surface area contributed by atoms with E-state index >= 15 is 0 Å². The quantitative estimate of drug-likeness (QED) is 0.375. The highest BCUT2D eigenvalue weighted by atomic mass is 16.5. The number of aromatic nitrogens is 6. The summed E-state index contributed by atoms with van der Waals surface area (Å²) in [5.74, 6) is 2.50. The second-order valence-corrected chi connectivity index (χ2v) is 6.19. The number of benzene rings is 2. The Morgan fingerprint density at radius 2 is 1.93 bits per heavy atom. The van der Waals surface area contributed by atoms with Crippen molar-refractivity contribution in [2.24, 2.45) is 0 Å². The van der Waals surface area contributed by atoms with Crippen LogP contribution in [0.25, 0.3) is 0 Å². The van der Waals surface area contributed by atoms with Gasteiger partial charge < -0.3 is 20.5 Å². The van der Waals surface area contributed by atoms with Crippen molar-refractivity contribution in [2.75, 3.05) is 10.6 Å². The molecule has 4 rings (SSSR count). The molecule has 0 unspecified atom stereocenters. The first-order valence-electron chi connectivity index (χ1n) is 8.78. The van der Waals surface area contributed by atoms with Crippen molar-refractivity contribution in [1.29, 1.82) is 0 Å². The monoisotopic (exact) mass is 390 g/mol. The van der Waals surface area contributed by atoms with Crippen molar-refractivity contribution in [3.8, 4) is 11.5 Å². The fourth-order valence-electron chi connectivity index (χ4n) is 2.50. The first-order chi connectivity index (χ1) is 14.2. The number of phenolic OH excluding ortho intramolecular Hbond substituents is 1. The summed E-state index contributed by atoms with van der Waals surface area (Å²) in [4.78, 5) is 8.83. The number of aryl methyl sites for hydroxylation is 1. The number of tetrazole rings is 1. The highest BCUT2D eigenvalue weighted by Gasteiger charge is 2.06. The highest BCUT2D eigenvalue weighted by Crippen LogP contribution is 2.24. The Labute approximate surface area is 166 Å². The maximum atomic E-state index is 9.62. The average Bonchev–Trinajstić information content (AvgIpc) is 3.24. The Morgan fingerprint density at radius 1 is 1.07 bits per heavy atom. The molecule has 10 nitrogen and oxygen atoms in total. The summed E-state index contributed by atoms with van der Waals surface area (Å²) >= 11 is 0. The van der Waals surface area contributed by atoms with Crippen molar-refractivity contribution >= 4 is 23.1 Å². The van der Waals surface area contributed by atoms with Gasteiger partial charge in [0.2, 0.25) is 5.95 Å². The Morgan fingerprint density at radius 3 is 2.69 bits per heavy atom. The van der Waals surface area contributed by atoms with E-state index in [1.165, 1.54) is 0 Å². The van der Waals surface area contributed by atoms with Crippen molar-refractivity contribution in [1.82, 2.24) is 30.6 Å². The molecule has 29 heavy (non-hydrogen) atoms. The van der Waals surface area contributed by atoms with Gasteiger partial charge in [-0.25, -0.2) is 10.1 Å². The fourth-order valence-corrected chi connectivity index (χ4v) is 2.50. The molecule has 0 amide bonds. The van der Waals surface area contributed by atoms with Gasteiger partial charge >= 0.3 is 0 Å². The molecule has 4 N–H and O–H groups in total. The third kappa shape index (κ3) is 4.75. The van der Waals surface area contributed by atoms with E-state index in [1.54, 1.807) is 24.4 Å². The minimum Gasteiger partial charge on any atom is -0.508 e. The van der Waals surface area contributed by atoms with Gasteiger partial charge in [-0.3, -0.25) is 0 Å². The lowest BCUT2D eigenvalue weighted by Gasteiger charge is -2.11. The van der Waals surface area contributed by atoms with Crippen LogP contribution in [0.15, 0.2) is 54.7 Å². The number of hydrogen-bond donors (Lipinski definition) is 4. The number of aromatic hydroxyl groups is 1. The third-order valence-corrected chi connectivity index (χ3v) is 3.96. The van der Waals surface area contributed by atoms with Crippen LogP contribution in [0.5, 0.6) is 11.5 Å². The molecule has 4 aromatic rings. The van der Waals surface area contributed by atoms with Crippen molar-refractivity contribution in [3.63, 3.8) is 0 Å². The van der Waals surface area contributed by atoms with Crippen LogP contribution >= 0.6 is 0 Å². The smallest absolute Gasteiger partial charge is 0.229 e. The number of nitrogens with zero attached hydrogens (tertiary/aromatic N) is 5. The number of ether oxygens (including phenoxy) is 1. The predicted molar refractivity (Wildman–Crippen MR) is 106 cm³/mol. The van der Waals surface area contributed by atoms with Gasteiger partial charge in [0.25, 0.3) is 0 Å². The van der Waals surface area contributed by atoms with Crippen LogP contribution in [0.2, 0.25) is 0 Å². The number of phenols is 1. The summed E-state index contributed by atoms with van der Waals surface area (Å²) in [5, 5.41) is 29.4. The molecule has 0 saturated heterocycles. The number of anilines is 4. The van der Waals surface area contributed by atoms with E-state index in [2.05, 4.69) is 41.2 Å². The number of nitrogens with one attached hydrogen (secondary N) is 3. The second-order valence-electron chi connectivity index (χ2n) is 6.19. The molecule has 0 radical (unpaired) electrons.